The number of hydrogen-bond donors (Lipinski definition) is 1. The number of halogens is 3. The van der Waals surface area contributed by atoms with Crippen molar-refractivity contribution in [1.82, 2.24) is 19.8 Å². The topological polar surface area (TPSA) is 59.4 Å². The molecule has 1 N–H and O–H groups in total. The predicted octanol–water partition coefficient (Wildman–Crippen LogP) is 5.09. The number of fused-ring (bicyclic) bond motifs is 1. The molecular formula is C27H31BrClFN4O2. The minimum Gasteiger partial charge on any atom is -0.373 e. The lowest BCUT2D eigenvalue weighted by Gasteiger charge is -2.27. The maximum atomic E-state index is 15.9. The predicted molar refractivity (Wildman–Crippen MR) is 143 cm³/mol. The largest absolute Gasteiger partial charge is 0.373 e. The van der Waals surface area contributed by atoms with Gasteiger partial charge < -0.3 is 19.5 Å². The van der Waals surface area contributed by atoms with Crippen LogP contribution in [0.15, 0.2) is 35.1 Å². The van der Waals surface area contributed by atoms with Crippen LogP contribution in [0.5, 0.6) is 0 Å². The number of rotatable bonds is 11. The third kappa shape index (κ3) is 6.17. The van der Waals surface area contributed by atoms with Crippen LogP contribution in [0.4, 0.5) is 4.39 Å². The molecule has 0 atom stereocenters. The fourth-order valence-corrected chi connectivity index (χ4v) is 5.47. The first-order valence-corrected chi connectivity index (χ1v) is 13.8. The molecule has 0 radical (unpaired) electrons. The summed E-state index contributed by atoms with van der Waals surface area (Å²) in [5, 5.41) is 3.89. The Balaban J connectivity index is 1.42. The van der Waals surface area contributed by atoms with Gasteiger partial charge in [0.15, 0.2) is 11.6 Å². The van der Waals surface area contributed by atoms with Crippen LogP contribution < -0.4 is 5.32 Å². The van der Waals surface area contributed by atoms with Gasteiger partial charge in [0, 0.05) is 59.8 Å². The van der Waals surface area contributed by atoms with Gasteiger partial charge in [-0.15, -0.1) is 0 Å². The molecule has 1 saturated heterocycles. The fourth-order valence-electron chi connectivity index (χ4n) is 4.73. The standard InChI is InChI=1S/C27H31BrClFN4O2/c28-20-5-4-19(23(29)13-20)12-22-21(25(35)16-36-15-18-2-3-18)14-24-27(26(22)30)32-17-34(24)9-1-8-33-10-6-31-7-11-33/h4-5,13-14,17-18,31H,1-3,6-12,15-16H2. The number of hydrogen-bond acceptors (Lipinski definition) is 5. The first-order chi connectivity index (χ1) is 17.5. The Morgan fingerprint density at radius 1 is 1.22 bits per heavy atom. The highest BCUT2D eigenvalue weighted by atomic mass is 79.9. The van der Waals surface area contributed by atoms with Gasteiger partial charge in [0.2, 0.25) is 0 Å². The minimum atomic E-state index is -0.460. The summed E-state index contributed by atoms with van der Waals surface area (Å²) in [4.78, 5) is 20.1. The molecule has 0 bridgehead atoms. The summed E-state index contributed by atoms with van der Waals surface area (Å²) in [5.41, 5.74) is 2.35. The van der Waals surface area contributed by atoms with Crippen LogP contribution in [0, 0.1) is 11.7 Å². The molecular weight excluding hydrogens is 547 g/mol. The SMILES string of the molecule is O=C(COCC1CC1)c1cc2c(ncn2CCCN2CCNCC2)c(F)c1Cc1ccc(Br)cc1Cl. The Bertz CT molecular complexity index is 1240. The number of ether oxygens (including phenoxy) is 1. The molecule has 5 rings (SSSR count). The number of benzene rings is 2. The summed E-state index contributed by atoms with van der Waals surface area (Å²) in [7, 11) is 0. The summed E-state index contributed by atoms with van der Waals surface area (Å²) in [6.45, 7) is 6.32. The molecule has 1 aliphatic heterocycles. The second-order valence-corrected chi connectivity index (χ2v) is 11.1. The quantitative estimate of drug-likeness (QED) is 0.322. The molecule has 3 aromatic rings. The van der Waals surface area contributed by atoms with Crippen LogP contribution in [0.25, 0.3) is 11.0 Å². The van der Waals surface area contributed by atoms with Crippen molar-refractivity contribution in [2.45, 2.75) is 32.2 Å². The minimum absolute atomic E-state index is 0.0559. The summed E-state index contributed by atoms with van der Waals surface area (Å²) in [6.07, 6.45) is 5.11. The van der Waals surface area contributed by atoms with E-state index in [1.165, 1.54) is 0 Å². The molecule has 6 nitrogen and oxygen atoms in total. The molecule has 0 amide bonds. The summed E-state index contributed by atoms with van der Waals surface area (Å²) < 4.78 is 24.4. The van der Waals surface area contributed by atoms with E-state index < -0.39 is 5.82 Å². The first-order valence-electron chi connectivity index (χ1n) is 12.6. The number of Topliss-reactive ketones (excluding diaryl/α,β-unsaturated/α-hetero) is 1. The highest BCUT2D eigenvalue weighted by Gasteiger charge is 2.25. The Morgan fingerprint density at radius 2 is 2.03 bits per heavy atom. The van der Waals surface area contributed by atoms with E-state index in [0.29, 0.717) is 40.7 Å². The van der Waals surface area contributed by atoms with Gasteiger partial charge in [0.05, 0.1) is 18.5 Å². The molecule has 1 aliphatic carbocycles. The van der Waals surface area contributed by atoms with Crippen molar-refractivity contribution in [3.63, 3.8) is 0 Å². The van der Waals surface area contributed by atoms with Gasteiger partial charge in [0.1, 0.15) is 12.1 Å². The van der Waals surface area contributed by atoms with E-state index in [0.717, 1.165) is 62.0 Å². The van der Waals surface area contributed by atoms with Gasteiger partial charge in [-0.25, -0.2) is 9.37 Å². The van der Waals surface area contributed by atoms with Crippen LogP contribution in [0.3, 0.4) is 0 Å². The number of carbonyl (C=O) groups is 1. The monoisotopic (exact) mass is 576 g/mol. The number of piperazine rings is 1. The Morgan fingerprint density at radius 3 is 2.78 bits per heavy atom. The van der Waals surface area contributed by atoms with Crippen molar-refractivity contribution in [1.29, 1.82) is 0 Å². The maximum absolute atomic E-state index is 15.9. The Hall–Kier alpha value is -1.84. The van der Waals surface area contributed by atoms with Crippen LogP contribution in [0.1, 0.15) is 40.7 Å². The lowest BCUT2D eigenvalue weighted by Crippen LogP contribution is -2.43. The van der Waals surface area contributed by atoms with Gasteiger partial charge >= 0.3 is 0 Å². The van der Waals surface area contributed by atoms with Crippen LogP contribution in [0.2, 0.25) is 5.02 Å². The molecule has 2 aliphatic rings. The first kappa shape index (κ1) is 25.8. The normalized spacial score (nSPS) is 16.6. The van der Waals surface area contributed by atoms with Gasteiger partial charge in [0.25, 0.3) is 0 Å². The van der Waals surface area contributed by atoms with Crippen LogP contribution in [-0.4, -0.2) is 66.2 Å². The van der Waals surface area contributed by atoms with E-state index >= 15 is 4.39 Å². The zero-order valence-electron chi connectivity index (χ0n) is 20.2. The van der Waals surface area contributed by atoms with Crippen LogP contribution in [-0.2, 0) is 17.7 Å². The van der Waals surface area contributed by atoms with Crippen molar-refractivity contribution in [2.24, 2.45) is 5.92 Å². The van der Waals surface area contributed by atoms with Crippen LogP contribution >= 0.6 is 27.5 Å². The molecule has 2 heterocycles. The Kier molecular flexibility index (Phi) is 8.38. The molecule has 2 fully saturated rings. The van der Waals surface area contributed by atoms with Crippen molar-refractivity contribution < 1.29 is 13.9 Å². The highest BCUT2D eigenvalue weighted by Crippen LogP contribution is 2.31. The fraction of sp³-hybridized carbons (Fsp3) is 0.481. The number of aryl methyl sites for hydroxylation is 1. The van der Waals surface area contributed by atoms with Gasteiger partial charge in [-0.3, -0.25) is 4.79 Å². The van der Waals surface area contributed by atoms with E-state index in [9.17, 15) is 4.79 Å². The number of carbonyl (C=O) groups excluding carboxylic acids is 1. The zero-order chi connectivity index (χ0) is 25.1. The smallest absolute Gasteiger partial charge is 0.188 e. The number of nitrogens with one attached hydrogen (secondary N) is 1. The second kappa shape index (κ2) is 11.7. The number of aromatic nitrogens is 2. The van der Waals surface area contributed by atoms with Crippen molar-refractivity contribution >= 4 is 44.3 Å². The number of nitrogens with zero attached hydrogens (tertiary/aromatic N) is 3. The third-order valence-corrected chi connectivity index (χ3v) is 7.85. The van der Waals surface area contributed by atoms with Crippen molar-refractivity contribution in [2.75, 3.05) is 45.9 Å². The maximum Gasteiger partial charge on any atom is 0.188 e. The average molecular weight is 578 g/mol. The van der Waals surface area contributed by atoms with Gasteiger partial charge in [-0.2, -0.15) is 0 Å². The average Bonchev–Trinajstić information content (AvgIpc) is 3.61. The van der Waals surface area contributed by atoms with E-state index in [4.69, 9.17) is 16.3 Å². The van der Waals surface area contributed by atoms with Gasteiger partial charge in [-0.05, 0) is 55.5 Å². The zero-order valence-corrected chi connectivity index (χ0v) is 22.6. The lowest BCUT2D eigenvalue weighted by atomic mass is 9.95. The Labute approximate surface area is 224 Å². The molecule has 1 saturated carbocycles. The molecule has 0 unspecified atom stereocenters. The molecule has 192 valence electrons. The van der Waals surface area contributed by atoms with E-state index in [1.807, 2.05) is 16.7 Å². The molecule has 1 aromatic heterocycles. The number of ketones is 1. The highest BCUT2D eigenvalue weighted by molar-refractivity contribution is 9.10. The number of imidazole rings is 1. The van der Waals surface area contributed by atoms with Crippen molar-refractivity contribution in [3.05, 3.63) is 62.6 Å². The van der Waals surface area contributed by atoms with E-state index in [-0.39, 0.29) is 24.3 Å². The third-order valence-electron chi connectivity index (χ3n) is 7.01. The molecule has 9 heteroatoms. The van der Waals surface area contributed by atoms with Crippen molar-refractivity contribution in [3.8, 4) is 0 Å². The summed E-state index contributed by atoms with van der Waals surface area (Å²) in [6, 6.07) is 7.29. The summed E-state index contributed by atoms with van der Waals surface area (Å²) in [5.74, 6) is -0.124. The van der Waals surface area contributed by atoms with E-state index in [1.54, 1.807) is 18.5 Å². The lowest BCUT2D eigenvalue weighted by molar-refractivity contribution is 0.0738. The van der Waals surface area contributed by atoms with Gasteiger partial charge in [-0.1, -0.05) is 33.6 Å². The summed E-state index contributed by atoms with van der Waals surface area (Å²) >= 11 is 9.86. The second-order valence-electron chi connectivity index (χ2n) is 9.76. The molecule has 0 spiro atoms. The molecule has 2 aromatic carbocycles. The van der Waals surface area contributed by atoms with E-state index in [2.05, 4.69) is 31.1 Å². The molecule has 36 heavy (non-hydrogen) atoms.